The number of ether oxygens (including phenoxy) is 1. The SMILES string of the molecule is COc1ccccc1CC(C)N(C)c1cc(Cl)nnc1Cl. The van der Waals surface area contributed by atoms with E-state index in [1.165, 1.54) is 0 Å². The Balaban J connectivity index is 2.19. The number of methoxy groups -OCH3 is 1. The maximum atomic E-state index is 6.10. The molecule has 0 aliphatic heterocycles. The summed E-state index contributed by atoms with van der Waals surface area (Å²) in [7, 11) is 3.63. The molecule has 6 heteroatoms. The van der Waals surface area contributed by atoms with E-state index in [0.717, 1.165) is 23.4 Å². The van der Waals surface area contributed by atoms with Crippen LogP contribution < -0.4 is 9.64 Å². The molecule has 1 heterocycles. The van der Waals surface area contributed by atoms with Crippen molar-refractivity contribution in [3.8, 4) is 5.75 Å². The van der Waals surface area contributed by atoms with Crippen LogP contribution in [0.1, 0.15) is 12.5 Å². The first-order valence-electron chi connectivity index (χ1n) is 6.56. The number of benzene rings is 1. The minimum Gasteiger partial charge on any atom is -0.496 e. The van der Waals surface area contributed by atoms with Gasteiger partial charge in [-0.3, -0.25) is 0 Å². The fourth-order valence-corrected chi connectivity index (χ4v) is 2.52. The molecule has 112 valence electrons. The van der Waals surface area contributed by atoms with Crippen molar-refractivity contribution < 1.29 is 4.74 Å². The number of para-hydroxylation sites is 1. The number of aromatic nitrogens is 2. The van der Waals surface area contributed by atoms with Crippen molar-refractivity contribution in [2.75, 3.05) is 19.1 Å². The molecule has 4 nitrogen and oxygen atoms in total. The van der Waals surface area contributed by atoms with Gasteiger partial charge >= 0.3 is 0 Å². The first-order chi connectivity index (χ1) is 10.0. The summed E-state index contributed by atoms with van der Waals surface area (Å²) >= 11 is 12.0. The molecular weight excluding hydrogens is 309 g/mol. The Labute approximate surface area is 134 Å². The van der Waals surface area contributed by atoms with Crippen molar-refractivity contribution >= 4 is 28.9 Å². The van der Waals surface area contributed by atoms with Gasteiger partial charge in [-0.25, -0.2) is 0 Å². The molecule has 0 saturated carbocycles. The lowest BCUT2D eigenvalue weighted by molar-refractivity contribution is 0.408. The van der Waals surface area contributed by atoms with Crippen molar-refractivity contribution in [2.24, 2.45) is 0 Å². The summed E-state index contributed by atoms with van der Waals surface area (Å²) in [6.45, 7) is 2.11. The van der Waals surface area contributed by atoms with Gasteiger partial charge in [0.15, 0.2) is 10.3 Å². The quantitative estimate of drug-likeness (QED) is 0.836. The maximum absolute atomic E-state index is 6.10. The fraction of sp³-hybridized carbons (Fsp3) is 0.333. The Morgan fingerprint density at radius 2 is 1.95 bits per heavy atom. The summed E-state index contributed by atoms with van der Waals surface area (Å²) in [6, 6.07) is 9.89. The van der Waals surface area contributed by atoms with Crippen LogP contribution in [0.15, 0.2) is 30.3 Å². The van der Waals surface area contributed by atoms with Crippen LogP contribution in [0.3, 0.4) is 0 Å². The highest BCUT2D eigenvalue weighted by molar-refractivity contribution is 6.33. The van der Waals surface area contributed by atoms with Crippen LogP contribution in [0.2, 0.25) is 10.3 Å². The summed E-state index contributed by atoms with van der Waals surface area (Å²) in [4.78, 5) is 2.04. The Morgan fingerprint density at radius 1 is 1.24 bits per heavy atom. The zero-order chi connectivity index (χ0) is 15.4. The number of anilines is 1. The van der Waals surface area contributed by atoms with Crippen LogP contribution in [0.5, 0.6) is 5.75 Å². The molecule has 0 N–H and O–H groups in total. The highest BCUT2D eigenvalue weighted by Crippen LogP contribution is 2.28. The fourth-order valence-electron chi connectivity index (χ4n) is 2.16. The van der Waals surface area contributed by atoms with Crippen LogP contribution >= 0.6 is 23.2 Å². The van der Waals surface area contributed by atoms with Gasteiger partial charge in [-0.2, -0.15) is 0 Å². The monoisotopic (exact) mass is 325 g/mol. The Hall–Kier alpha value is -1.52. The second-order valence-electron chi connectivity index (χ2n) is 4.82. The molecule has 1 aromatic heterocycles. The van der Waals surface area contributed by atoms with Crippen LogP contribution in [-0.2, 0) is 6.42 Å². The lowest BCUT2D eigenvalue weighted by Crippen LogP contribution is -2.31. The summed E-state index contributed by atoms with van der Waals surface area (Å²) in [5.74, 6) is 0.884. The maximum Gasteiger partial charge on any atom is 0.175 e. The second kappa shape index (κ2) is 6.96. The van der Waals surface area contributed by atoms with Crippen molar-refractivity contribution in [2.45, 2.75) is 19.4 Å². The summed E-state index contributed by atoms with van der Waals surface area (Å²) in [6.07, 6.45) is 0.816. The third-order valence-corrected chi connectivity index (χ3v) is 3.90. The van der Waals surface area contributed by atoms with Crippen LogP contribution in [-0.4, -0.2) is 30.4 Å². The largest absolute Gasteiger partial charge is 0.496 e. The number of halogens is 2. The minimum atomic E-state index is 0.194. The van der Waals surface area contributed by atoms with E-state index in [0.29, 0.717) is 10.3 Å². The minimum absolute atomic E-state index is 0.194. The summed E-state index contributed by atoms with van der Waals surface area (Å²) in [5.41, 5.74) is 1.91. The molecule has 1 unspecified atom stereocenters. The van der Waals surface area contributed by atoms with Gasteiger partial charge in [-0.1, -0.05) is 41.4 Å². The molecule has 1 aromatic carbocycles. The predicted octanol–water partition coefficient (Wildman–Crippen LogP) is 3.86. The zero-order valence-electron chi connectivity index (χ0n) is 12.2. The third kappa shape index (κ3) is 3.77. The van der Waals surface area contributed by atoms with E-state index in [-0.39, 0.29) is 6.04 Å². The normalized spacial score (nSPS) is 12.0. The van der Waals surface area contributed by atoms with Crippen LogP contribution in [0.25, 0.3) is 0 Å². The average molecular weight is 326 g/mol. The van der Waals surface area contributed by atoms with E-state index < -0.39 is 0 Å². The topological polar surface area (TPSA) is 38.2 Å². The molecule has 0 spiro atoms. The molecule has 0 radical (unpaired) electrons. The predicted molar refractivity (Wildman–Crippen MR) is 86.6 cm³/mol. The Kier molecular flexibility index (Phi) is 5.26. The van der Waals surface area contributed by atoms with Crippen LogP contribution in [0, 0.1) is 0 Å². The lowest BCUT2D eigenvalue weighted by Gasteiger charge is -2.27. The van der Waals surface area contributed by atoms with Gasteiger partial charge in [0.1, 0.15) is 5.75 Å². The molecule has 0 saturated heterocycles. The van der Waals surface area contributed by atoms with Crippen molar-refractivity contribution in [3.63, 3.8) is 0 Å². The smallest absolute Gasteiger partial charge is 0.175 e. The molecule has 0 amide bonds. The van der Waals surface area contributed by atoms with Gasteiger partial charge in [0.2, 0.25) is 0 Å². The molecule has 0 aliphatic carbocycles. The average Bonchev–Trinajstić information content (AvgIpc) is 2.49. The Morgan fingerprint density at radius 3 is 2.67 bits per heavy atom. The third-order valence-electron chi connectivity index (χ3n) is 3.45. The zero-order valence-corrected chi connectivity index (χ0v) is 13.7. The summed E-state index contributed by atoms with van der Waals surface area (Å²) < 4.78 is 5.39. The van der Waals surface area contributed by atoms with Crippen molar-refractivity contribution in [1.82, 2.24) is 10.2 Å². The van der Waals surface area contributed by atoms with E-state index in [4.69, 9.17) is 27.9 Å². The number of likely N-dealkylation sites (N-methyl/N-ethyl adjacent to an activating group) is 1. The van der Waals surface area contributed by atoms with Gasteiger partial charge in [0.25, 0.3) is 0 Å². The van der Waals surface area contributed by atoms with E-state index in [9.17, 15) is 0 Å². The highest BCUT2D eigenvalue weighted by atomic mass is 35.5. The molecule has 0 fully saturated rings. The van der Waals surface area contributed by atoms with E-state index in [1.807, 2.05) is 30.1 Å². The number of hydrogen-bond acceptors (Lipinski definition) is 4. The molecule has 1 atom stereocenters. The van der Waals surface area contributed by atoms with Gasteiger partial charge < -0.3 is 9.64 Å². The van der Waals surface area contributed by atoms with Crippen molar-refractivity contribution in [1.29, 1.82) is 0 Å². The first kappa shape index (κ1) is 15.9. The Bertz CT molecular complexity index is 622. The molecule has 0 aliphatic rings. The van der Waals surface area contributed by atoms with Gasteiger partial charge in [0, 0.05) is 19.2 Å². The first-order valence-corrected chi connectivity index (χ1v) is 7.32. The lowest BCUT2D eigenvalue weighted by atomic mass is 10.0. The number of hydrogen-bond donors (Lipinski definition) is 0. The number of nitrogens with zero attached hydrogens (tertiary/aromatic N) is 3. The molecular formula is C15H17Cl2N3O. The van der Waals surface area contributed by atoms with Crippen LogP contribution in [0.4, 0.5) is 5.69 Å². The van der Waals surface area contributed by atoms with Gasteiger partial charge in [0.05, 0.1) is 12.8 Å². The molecule has 0 bridgehead atoms. The highest BCUT2D eigenvalue weighted by Gasteiger charge is 2.17. The second-order valence-corrected chi connectivity index (χ2v) is 5.56. The molecule has 2 aromatic rings. The van der Waals surface area contributed by atoms with E-state index in [2.05, 4.69) is 23.2 Å². The van der Waals surface area contributed by atoms with Gasteiger partial charge in [-0.05, 0) is 25.0 Å². The van der Waals surface area contributed by atoms with E-state index in [1.54, 1.807) is 13.2 Å². The number of rotatable bonds is 5. The molecule has 21 heavy (non-hydrogen) atoms. The standard InChI is InChI=1S/C15H17Cl2N3O/c1-10(8-11-6-4-5-7-13(11)21-3)20(2)12-9-14(16)18-19-15(12)17/h4-7,9-10H,8H2,1-3H3. The van der Waals surface area contributed by atoms with Crippen molar-refractivity contribution in [3.05, 3.63) is 46.2 Å². The molecule has 2 rings (SSSR count). The summed E-state index contributed by atoms with van der Waals surface area (Å²) in [5, 5.41) is 8.24. The van der Waals surface area contributed by atoms with Gasteiger partial charge in [-0.15, -0.1) is 10.2 Å². The van der Waals surface area contributed by atoms with E-state index >= 15 is 0 Å².